The number of aliphatic hydroxyl groups excluding tert-OH is 20. The average molecular weight is 1130 g/mol. The van der Waals surface area contributed by atoms with Crippen molar-refractivity contribution in [2.75, 3.05) is 46.2 Å². The van der Waals surface area contributed by atoms with Crippen LogP contribution in [0.2, 0.25) is 0 Å². The summed E-state index contributed by atoms with van der Waals surface area (Å²) in [5, 5.41) is 220. The van der Waals surface area contributed by atoms with Crippen LogP contribution in [0.4, 0.5) is 0 Å². The van der Waals surface area contributed by atoms with Gasteiger partial charge in [-0.25, -0.2) is 0 Å². The van der Waals surface area contributed by atoms with Crippen LogP contribution in [0.25, 0.3) is 0 Å². The van der Waals surface area contributed by atoms with Gasteiger partial charge in [-0.2, -0.15) is 0 Å². The lowest BCUT2D eigenvalue weighted by atomic mass is 9.90. The van der Waals surface area contributed by atoms with Crippen LogP contribution in [0, 0.1) is 5.92 Å². The Morgan fingerprint density at radius 1 is 0.195 bits per heavy atom. The second-order valence-electron chi connectivity index (χ2n) is 20.0. The minimum absolute atomic E-state index is 0.887. The Kier molecular flexibility index (Phi) is 20.9. The molecular formula is C43H72O34. The highest BCUT2D eigenvalue weighted by molar-refractivity contribution is 5.01. The first-order valence-electron chi connectivity index (χ1n) is 24.9. The van der Waals surface area contributed by atoms with Crippen molar-refractivity contribution in [1.82, 2.24) is 0 Å². The third kappa shape index (κ3) is 12.1. The molecule has 21 heterocycles. The molecule has 0 amide bonds. The molecule has 77 heavy (non-hydrogen) atoms. The van der Waals surface area contributed by atoms with Gasteiger partial charge in [-0.15, -0.1) is 0 Å². The van der Waals surface area contributed by atoms with E-state index in [4.69, 9.17) is 66.3 Å². The summed E-state index contributed by atoms with van der Waals surface area (Å²) >= 11 is 0. The maximum Gasteiger partial charge on any atom is 0.187 e. The van der Waals surface area contributed by atoms with Gasteiger partial charge < -0.3 is 168 Å². The van der Waals surface area contributed by atoms with E-state index in [2.05, 4.69) is 0 Å². The van der Waals surface area contributed by atoms with Crippen LogP contribution in [0.5, 0.6) is 0 Å². The first kappa shape index (κ1) is 61.7. The quantitative estimate of drug-likeness (QED) is 0.113. The van der Waals surface area contributed by atoms with E-state index in [-0.39, 0.29) is 0 Å². The van der Waals surface area contributed by atoms with Crippen molar-refractivity contribution in [3.63, 3.8) is 0 Å². The Bertz CT molecular complexity index is 1470. The van der Waals surface area contributed by atoms with Crippen molar-refractivity contribution in [3.8, 4) is 0 Å². The molecule has 21 rings (SSSR count). The van der Waals surface area contributed by atoms with Crippen molar-refractivity contribution >= 4 is 0 Å². The zero-order chi connectivity index (χ0) is 56.1. The van der Waals surface area contributed by atoms with E-state index in [1.54, 1.807) is 0 Å². The van der Waals surface area contributed by atoms with Crippen molar-refractivity contribution in [3.05, 3.63) is 0 Å². The summed E-state index contributed by atoms with van der Waals surface area (Å²) in [6, 6.07) is 0. The van der Waals surface area contributed by atoms with Crippen LogP contribution >= 0.6 is 0 Å². The Hall–Kier alpha value is -1.36. The lowest BCUT2D eigenvalue weighted by molar-refractivity contribution is -0.396. The number of aliphatic hydroxyl groups is 20. The monoisotopic (exact) mass is 1130 g/mol. The predicted molar refractivity (Wildman–Crippen MR) is 232 cm³/mol. The number of ether oxygens (including phenoxy) is 14. The number of hydrogen-bond donors (Lipinski definition) is 20. The molecule has 21 aliphatic heterocycles. The van der Waals surface area contributed by atoms with Gasteiger partial charge in [0, 0.05) is 5.92 Å². The average Bonchev–Trinajstić information content (AvgIpc) is 3.47. The summed E-state index contributed by atoms with van der Waals surface area (Å²) in [5.74, 6) is -1.17. The summed E-state index contributed by atoms with van der Waals surface area (Å²) < 4.78 is 80.4. The number of rotatable bonds is 7. The van der Waals surface area contributed by atoms with E-state index < -0.39 is 261 Å². The largest absolute Gasteiger partial charge is 0.394 e. The van der Waals surface area contributed by atoms with Gasteiger partial charge in [0.2, 0.25) is 0 Å². The van der Waals surface area contributed by atoms with Crippen LogP contribution in [0.3, 0.4) is 0 Å². The van der Waals surface area contributed by atoms with E-state index in [1.165, 1.54) is 6.92 Å². The molecule has 0 spiro atoms. The fourth-order valence-corrected chi connectivity index (χ4v) is 10.7. The van der Waals surface area contributed by atoms with Crippen LogP contribution < -0.4 is 0 Å². The Morgan fingerprint density at radius 2 is 0.338 bits per heavy atom. The second kappa shape index (κ2) is 26.1. The smallest absolute Gasteiger partial charge is 0.187 e. The maximum atomic E-state index is 11.5. The molecule has 0 aliphatic carbocycles. The summed E-state index contributed by atoms with van der Waals surface area (Å²) in [5.41, 5.74) is 0. The molecule has 0 radical (unpaired) electrons. The molecule has 34 nitrogen and oxygen atoms in total. The van der Waals surface area contributed by atoms with Gasteiger partial charge in [0.1, 0.15) is 159 Å². The van der Waals surface area contributed by atoms with Crippen molar-refractivity contribution in [1.29, 1.82) is 0 Å². The Balaban J connectivity index is 1.08. The molecule has 14 bridgehead atoms. The molecule has 20 N–H and O–H groups in total. The first-order valence-corrected chi connectivity index (χ1v) is 24.9. The van der Waals surface area contributed by atoms with Crippen LogP contribution in [0.15, 0.2) is 0 Å². The van der Waals surface area contributed by atoms with Crippen molar-refractivity contribution in [2.45, 2.75) is 216 Å². The lowest BCUT2D eigenvalue weighted by Crippen LogP contribution is -2.68. The van der Waals surface area contributed by atoms with Crippen molar-refractivity contribution in [2.24, 2.45) is 5.92 Å². The zero-order valence-electron chi connectivity index (χ0n) is 40.8. The van der Waals surface area contributed by atoms with E-state index in [0.29, 0.717) is 0 Å². The third-order valence-corrected chi connectivity index (χ3v) is 15.2. The highest BCUT2D eigenvalue weighted by Gasteiger charge is 2.59. The van der Waals surface area contributed by atoms with Gasteiger partial charge in [-0.3, -0.25) is 0 Å². The van der Waals surface area contributed by atoms with Crippen LogP contribution in [0.1, 0.15) is 6.92 Å². The Labute approximate surface area is 435 Å². The SMILES string of the molecule is C[C@H]1[C@@H]2OC3O[C@H](CO)[C@@H](OC4O[C@H](CO)[C@@H](OC5O[C@H](CO)[C@@H](OC6O[C@H](CO)[C@@H](OC7O[C@H](CO)[C@@H](OC8O[C@H](CO)[C@@H](OC(O[C@@H]2CO)[C@@H]1O)[C@H](O)[C@H]8O)[C@H](O)[C@H]7O)[C@H](O)[C@H]6O)[C@H](O)[C@H]5O)[C@H](O)[C@H]4O)[C@H](O)[C@H]3O. The molecule has 35 atom stereocenters. The van der Waals surface area contributed by atoms with E-state index in [9.17, 15) is 102 Å². The highest BCUT2D eigenvalue weighted by atomic mass is 16.8. The van der Waals surface area contributed by atoms with E-state index in [0.717, 1.165) is 0 Å². The molecule has 7 unspecified atom stereocenters. The summed E-state index contributed by atoms with van der Waals surface area (Å²) in [7, 11) is 0. The van der Waals surface area contributed by atoms with Gasteiger partial charge in [0.05, 0.1) is 52.4 Å². The molecule has 34 heteroatoms. The summed E-state index contributed by atoms with van der Waals surface area (Å²) in [4.78, 5) is 0. The summed E-state index contributed by atoms with van der Waals surface area (Å²) in [6.07, 6.45) is -65.4. The first-order chi connectivity index (χ1) is 36.7. The normalized spacial score (nSPS) is 55.4. The standard InChI is InChI=1S/C43H72O34/c1-9-17(51)37-64-10(2-44)30(9)71-38-24(58)18(52)32(12(4-46)65-38)73-40-26(60)20(54)34(14(6-48)67-40)75-42-28(62)22(56)36(16(8-50)69-42)77-43-29(63)23(57)35(15(7-49)70-43)76-41-27(61)21(55)33(13(5-47)68-41)74-39-25(59)19(53)31(72-37)11(3-45)66-39/h9-63H,2-8H2,1H3/t9-,10-,11-,12-,13-,14-,15-,16-,17-,18-,19-,20-,21-,22-,23-,24-,25-,26-,27-,28-,29-,30+,31-,32-,33-,34-,35-,36-,37?,38?,39?,40?,41?,42?,43?/m1/s1. The summed E-state index contributed by atoms with van der Waals surface area (Å²) in [6.45, 7) is -5.60. The molecular weight excluding hydrogens is 1060 g/mol. The Morgan fingerprint density at radius 3 is 0.506 bits per heavy atom. The minimum Gasteiger partial charge on any atom is -0.394 e. The van der Waals surface area contributed by atoms with Crippen LogP contribution in [-0.4, -0.2) is 357 Å². The van der Waals surface area contributed by atoms with E-state index >= 15 is 0 Å². The molecule has 448 valence electrons. The fraction of sp³-hybridized carbons (Fsp3) is 1.00. The highest BCUT2D eigenvalue weighted by Crippen LogP contribution is 2.39. The second-order valence-corrected chi connectivity index (χ2v) is 20.0. The van der Waals surface area contributed by atoms with Gasteiger partial charge in [0.25, 0.3) is 0 Å². The molecule has 0 aromatic rings. The molecule has 21 saturated heterocycles. The fourth-order valence-electron chi connectivity index (χ4n) is 10.7. The van der Waals surface area contributed by atoms with E-state index in [1.807, 2.05) is 0 Å². The van der Waals surface area contributed by atoms with Gasteiger partial charge >= 0.3 is 0 Å². The van der Waals surface area contributed by atoms with Gasteiger partial charge in [-0.1, -0.05) is 6.92 Å². The lowest BCUT2D eigenvalue weighted by Gasteiger charge is -2.50. The molecule has 0 aromatic carbocycles. The number of hydrogen-bond acceptors (Lipinski definition) is 34. The molecule has 0 aromatic heterocycles. The van der Waals surface area contributed by atoms with Crippen molar-refractivity contribution < 1.29 is 168 Å². The maximum absolute atomic E-state index is 11.5. The zero-order valence-corrected chi connectivity index (χ0v) is 40.8. The molecule has 0 saturated carbocycles. The topological polar surface area (TPSA) is 534 Å². The van der Waals surface area contributed by atoms with Gasteiger partial charge in [-0.05, 0) is 0 Å². The third-order valence-electron chi connectivity index (χ3n) is 15.2. The predicted octanol–water partition coefficient (Wildman–Crippen LogP) is -14.0. The molecule has 21 aliphatic rings. The van der Waals surface area contributed by atoms with Crippen LogP contribution in [-0.2, 0) is 66.3 Å². The molecule has 21 fully saturated rings. The minimum atomic E-state index is -2.19. The van der Waals surface area contributed by atoms with Gasteiger partial charge in [0.15, 0.2) is 44.0 Å².